The molecule has 3 heteroatoms. The van der Waals surface area contributed by atoms with E-state index in [-0.39, 0.29) is 0 Å². The van der Waals surface area contributed by atoms with Gasteiger partial charge >= 0.3 is 0 Å². The summed E-state index contributed by atoms with van der Waals surface area (Å²) in [5.74, 6) is 2.33. The zero-order chi connectivity index (χ0) is 11.9. The van der Waals surface area contributed by atoms with Crippen molar-refractivity contribution >= 4 is 21.6 Å². The molecule has 2 aromatic rings. The van der Waals surface area contributed by atoms with Gasteiger partial charge in [0.25, 0.3) is 0 Å². The second-order valence-corrected chi connectivity index (χ2v) is 6.14. The van der Waals surface area contributed by atoms with Crippen molar-refractivity contribution in [2.45, 2.75) is 11.5 Å². The van der Waals surface area contributed by atoms with Gasteiger partial charge in [-0.15, -0.1) is 0 Å². The summed E-state index contributed by atoms with van der Waals surface area (Å²) in [5.41, 5.74) is 2.60. The minimum Gasteiger partial charge on any atom is -0.508 e. The highest BCUT2D eigenvalue weighted by atomic mass is 33.1. The summed E-state index contributed by atoms with van der Waals surface area (Å²) in [6.07, 6.45) is 0. The Morgan fingerprint density at radius 2 is 1.24 bits per heavy atom. The molecule has 88 valence electrons. The molecule has 0 aliphatic heterocycles. The van der Waals surface area contributed by atoms with Crippen LogP contribution in [0.15, 0.2) is 54.6 Å². The molecule has 0 aromatic heterocycles. The lowest BCUT2D eigenvalue weighted by Gasteiger charge is -2.02. The van der Waals surface area contributed by atoms with Crippen molar-refractivity contribution in [2.24, 2.45) is 0 Å². The van der Waals surface area contributed by atoms with Crippen molar-refractivity contribution in [3.8, 4) is 5.75 Å². The van der Waals surface area contributed by atoms with Crippen LogP contribution in [0.5, 0.6) is 5.75 Å². The highest BCUT2D eigenvalue weighted by Crippen LogP contribution is 2.29. The van der Waals surface area contributed by atoms with E-state index in [1.807, 2.05) is 39.8 Å². The predicted molar refractivity (Wildman–Crippen MR) is 77.1 cm³/mol. The first-order valence-electron chi connectivity index (χ1n) is 5.41. The highest BCUT2D eigenvalue weighted by molar-refractivity contribution is 8.76. The third kappa shape index (κ3) is 4.36. The van der Waals surface area contributed by atoms with E-state index in [1.54, 1.807) is 12.1 Å². The van der Waals surface area contributed by atoms with Crippen molar-refractivity contribution in [3.63, 3.8) is 0 Å². The highest BCUT2D eigenvalue weighted by Gasteiger charge is 1.96. The average Bonchev–Trinajstić information content (AvgIpc) is 2.38. The first-order valence-corrected chi connectivity index (χ1v) is 7.89. The summed E-state index contributed by atoms with van der Waals surface area (Å²) in [7, 11) is 3.70. The maximum Gasteiger partial charge on any atom is 0.115 e. The molecule has 1 N–H and O–H groups in total. The summed E-state index contributed by atoms with van der Waals surface area (Å²) in [4.78, 5) is 0. The quantitative estimate of drug-likeness (QED) is 0.634. The van der Waals surface area contributed by atoms with Crippen molar-refractivity contribution in [2.75, 3.05) is 0 Å². The van der Waals surface area contributed by atoms with Crippen molar-refractivity contribution < 1.29 is 5.11 Å². The minimum atomic E-state index is 0.329. The van der Waals surface area contributed by atoms with Crippen LogP contribution < -0.4 is 0 Å². The minimum absolute atomic E-state index is 0.329. The topological polar surface area (TPSA) is 20.2 Å². The van der Waals surface area contributed by atoms with E-state index in [1.165, 1.54) is 11.1 Å². The Hall–Kier alpha value is -1.06. The van der Waals surface area contributed by atoms with Crippen LogP contribution in [0, 0.1) is 0 Å². The molecule has 0 saturated heterocycles. The molecule has 0 bridgehead atoms. The molecular weight excluding hydrogens is 248 g/mol. The van der Waals surface area contributed by atoms with Crippen molar-refractivity contribution in [1.29, 1.82) is 0 Å². The van der Waals surface area contributed by atoms with Crippen molar-refractivity contribution in [3.05, 3.63) is 65.7 Å². The molecule has 0 aliphatic carbocycles. The van der Waals surface area contributed by atoms with Gasteiger partial charge in [-0.2, -0.15) is 0 Å². The smallest absolute Gasteiger partial charge is 0.115 e. The number of aromatic hydroxyl groups is 1. The zero-order valence-electron chi connectivity index (χ0n) is 9.37. The molecule has 0 unspecified atom stereocenters. The van der Waals surface area contributed by atoms with Crippen LogP contribution in [0.1, 0.15) is 11.1 Å². The third-order valence-corrected chi connectivity index (χ3v) is 4.59. The SMILES string of the molecule is Oc1ccc(CSSCc2ccccc2)cc1. The Balaban J connectivity index is 1.71. The maximum atomic E-state index is 9.16. The monoisotopic (exact) mass is 262 g/mol. The average molecular weight is 262 g/mol. The number of benzene rings is 2. The second kappa shape index (κ2) is 6.62. The summed E-state index contributed by atoms with van der Waals surface area (Å²) < 4.78 is 0. The van der Waals surface area contributed by atoms with Gasteiger partial charge in [-0.3, -0.25) is 0 Å². The van der Waals surface area contributed by atoms with Crippen LogP contribution in [0.4, 0.5) is 0 Å². The van der Waals surface area contributed by atoms with Gasteiger partial charge in [0.15, 0.2) is 0 Å². The Morgan fingerprint density at radius 1 is 0.706 bits per heavy atom. The van der Waals surface area contributed by atoms with Gasteiger partial charge in [0, 0.05) is 11.5 Å². The normalized spacial score (nSPS) is 10.4. The predicted octanol–water partition coefficient (Wildman–Crippen LogP) is 4.47. The van der Waals surface area contributed by atoms with Gasteiger partial charge in [0.1, 0.15) is 5.75 Å². The summed E-state index contributed by atoms with van der Waals surface area (Å²) in [6.45, 7) is 0. The number of phenols is 1. The number of hydrogen-bond donors (Lipinski definition) is 1. The second-order valence-electron chi connectivity index (χ2n) is 3.68. The van der Waals surface area contributed by atoms with E-state index in [9.17, 15) is 0 Å². The summed E-state index contributed by atoms with van der Waals surface area (Å²) >= 11 is 0. The van der Waals surface area contributed by atoms with E-state index in [2.05, 4.69) is 24.3 Å². The van der Waals surface area contributed by atoms with Crippen LogP contribution in [0.25, 0.3) is 0 Å². The molecular formula is C14H14OS2. The molecule has 0 radical (unpaired) electrons. The van der Waals surface area contributed by atoms with Crippen LogP contribution in [0.2, 0.25) is 0 Å². The van der Waals surface area contributed by atoms with Crippen LogP contribution in [-0.4, -0.2) is 5.11 Å². The van der Waals surface area contributed by atoms with E-state index < -0.39 is 0 Å². The van der Waals surface area contributed by atoms with Gasteiger partial charge in [-0.05, 0) is 23.3 Å². The van der Waals surface area contributed by atoms with Crippen LogP contribution >= 0.6 is 21.6 Å². The Bertz CT molecular complexity index is 440. The van der Waals surface area contributed by atoms with Gasteiger partial charge in [-0.1, -0.05) is 64.1 Å². The van der Waals surface area contributed by atoms with E-state index in [0.29, 0.717) is 5.75 Å². The number of phenolic OH excluding ortho intramolecular Hbond substituents is 1. The molecule has 2 aromatic carbocycles. The van der Waals surface area contributed by atoms with Gasteiger partial charge in [-0.25, -0.2) is 0 Å². The molecule has 17 heavy (non-hydrogen) atoms. The first-order chi connectivity index (χ1) is 8.34. The lowest BCUT2D eigenvalue weighted by molar-refractivity contribution is 0.475. The molecule has 0 saturated carbocycles. The number of hydrogen-bond acceptors (Lipinski definition) is 3. The molecule has 0 fully saturated rings. The maximum absolute atomic E-state index is 9.16. The van der Waals surface area contributed by atoms with Crippen LogP contribution in [0.3, 0.4) is 0 Å². The lowest BCUT2D eigenvalue weighted by atomic mass is 10.2. The lowest BCUT2D eigenvalue weighted by Crippen LogP contribution is -1.79. The van der Waals surface area contributed by atoms with Crippen LogP contribution in [-0.2, 0) is 11.5 Å². The third-order valence-electron chi connectivity index (χ3n) is 2.31. The van der Waals surface area contributed by atoms with E-state index in [4.69, 9.17) is 5.11 Å². The molecule has 2 rings (SSSR count). The Morgan fingerprint density at radius 3 is 1.82 bits per heavy atom. The summed E-state index contributed by atoms with van der Waals surface area (Å²) in [5, 5.41) is 9.16. The fraction of sp³-hybridized carbons (Fsp3) is 0.143. The molecule has 0 atom stereocenters. The van der Waals surface area contributed by atoms with E-state index in [0.717, 1.165) is 11.5 Å². The molecule has 0 heterocycles. The molecule has 1 nitrogen and oxygen atoms in total. The Kier molecular flexibility index (Phi) is 4.83. The Labute approximate surface area is 110 Å². The first kappa shape index (κ1) is 12.4. The van der Waals surface area contributed by atoms with E-state index >= 15 is 0 Å². The summed E-state index contributed by atoms with van der Waals surface area (Å²) in [6, 6.07) is 17.9. The molecule has 0 aliphatic rings. The standard InChI is InChI=1S/C14H14OS2/c15-14-8-6-13(7-9-14)11-17-16-10-12-4-2-1-3-5-12/h1-9,15H,10-11H2. The zero-order valence-corrected chi connectivity index (χ0v) is 11.0. The molecule has 0 amide bonds. The molecule has 0 spiro atoms. The van der Waals surface area contributed by atoms with Gasteiger partial charge < -0.3 is 5.11 Å². The number of rotatable bonds is 5. The fourth-order valence-corrected chi connectivity index (χ4v) is 3.53. The van der Waals surface area contributed by atoms with Crippen molar-refractivity contribution in [1.82, 2.24) is 0 Å². The largest absolute Gasteiger partial charge is 0.508 e. The fourth-order valence-electron chi connectivity index (χ4n) is 1.39. The van der Waals surface area contributed by atoms with Gasteiger partial charge in [0.2, 0.25) is 0 Å². The van der Waals surface area contributed by atoms with Gasteiger partial charge in [0.05, 0.1) is 0 Å².